The zero-order chi connectivity index (χ0) is 44.5. The van der Waals surface area contributed by atoms with Crippen LogP contribution in [-0.2, 0) is 44.9 Å². The molecule has 2 aromatic carbocycles. The number of phenols is 4. The highest BCUT2D eigenvalue weighted by atomic mass is 17.2. The van der Waals surface area contributed by atoms with Gasteiger partial charge in [-0.2, -0.15) is 0 Å². The number of unbranched alkanes of at least 4 members (excludes halogenated alkanes) is 6. The quantitative estimate of drug-likeness (QED) is 0.0125. The molecule has 2 aliphatic carbocycles. The molecule has 0 atom stereocenters. The Morgan fingerprint density at radius 2 is 0.967 bits per heavy atom. The van der Waals surface area contributed by atoms with Crippen molar-refractivity contribution in [3.63, 3.8) is 0 Å². The summed E-state index contributed by atoms with van der Waals surface area (Å²) in [6.45, 7) is 6.66. The second-order valence-corrected chi connectivity index (χ2v) is 18.7. The van der Waals surface area contributed by atoms with E-state index in [1.165, 1.54) is 6.07 Å². The Morgan fingerprint density at radius 3 is 1.43 bits per heavy atom. The fourth-order valence-corrected chi connectivity index (χ4v) is 7.87. The third-order valence-corrected chi connectivity index (χ3v) is 13.0. The monoisotopic (exact) mass is 842 g/mol. The SMILES string of the molecule is CC(C)(CCCCCc1cc(OOc2c(O)c(CCCCC3(C(=O)O)CC3)cc(O)c2CCCCCC(C)(C)C(=O)O)c(CCCCC2(C(=O)O)CC2)c(O)c1O)C(=O)O. The van der Waals surface area contributed by atoms with Crippen LogP contribution in [0.2, 0.25) is 0 Å². The zero-order valence-electron chi connectivity index (χ0n) is 35.7. The minimum absolute atomic E-state index is 0.0567. The molecule has 0 aromatic heterocycles. The molecule has 2 aromatic rings. The summed E-state index contributed by atoms with van der Waals surface area (Å²) in [6, 6.07) is 3.01. The van der Waals surface area contributed by atoms with E-state index in [1.807, 2.05) is 0 Å². The highest BCUT2D eigenvalue weighted by Crippen LogP contribution is 2.51. The van der Waals surface area contributed by atoms with Crippen molar-refractivity contribution in [2.75, 3.05) is 0 Å². The fourth-order valence-electron chi connectivity index (χ4n) is 7.87. The van der Waals surface area contributed by atoms with Crippen LogP contribution in [0.5, 0.6) is 34.5 Å². The van der Waals surface area contributed by atoms with Gasteiger partial charge in [-0.05, 0) is 143 Å². The van der Waals surface area contributed by atoms with Gasteiger partial charge < -0.3 is 40.9 Å². The van der Waals surface area contributed by atoms with Crippen LogP contribution in [0.1, 0.15) is 166 Å². The molecule has 2 aliphatic rings. The van der Waals surface area contributed by atoms with Gasteiger partial charge in [-0.25, -0.2) is 0 Å². The van der Waals surface area contributed by atoms with E-state index in [-0.39, 0.29) is 52.7 Å². The first-order chi connectivity index (χ1) is 28.2. The van der Waals surface area contributed by atoms with E-state index in [0.717, 1.165) is 0 Å². The second kappa shape index (κ2) is 20.1. The van der Waals surface area contributed by atoms with E-state index in [2.05, 4.69) is 0 Å². The van der Waals surface area contributed by atoms with E-state index in [0.29, 0.717) is 140 Å². The van der Waals surface area contributed by atoms with Crippen molar-refractivity contribution in [2.45, 2.75) is 169 Å². The lowest BCUT2D eigenvalue weighted by Gasteiger charge is -2.20. The number of carboxylic acid groups (broad SMARTS) is 4. The number of aryl methyl sites for hydroxylation is 2. The zero-order valence-corrected chi connectivity index (χ0v) is 35.7. The van der Waals surface area contributed by atoms with Crippen LogP contribution < -0.4 is 9.78 Å². The molecule has 4 rings (SSSR count). The van der Waals surface area contributed by atoms with Crippen LogP contribution in [0, 0.1) is 21.7 Å². The molecule has 0 spiro atoms. The van der Waals surface area contributed by atoms with Crippen LogP contribution in [-0.4, -0.2) is 64.7 Å². The molecule has 14 nitrogen and oxygen atoms in total. The van der Waals surface area contributed by atoms with Crippen LogP contribution in [0.4, 0.5) is 0 Å². The largest absolute Gasteiger partial charge is 0.508 e. The standard InChI is InChI=1S/C46H66O14/c1-43(2,39(51)52)19-11-5-7-15-30-28-34(32(37(50)35(30)48)18-10-14-22-46(25-26-46)42(57)58)59-60-38-31(17-8-6-12-20-44(3,4)40(53)54)33(47)27-29(36(38)49)16-9-13-21-45(23-24-45)41(55)56/h27-28,47-50H,5-26H2,1-4H3,(H,51,52)(H,53,54)(H,55,56)(H,57,58). The van der Waals surface area contributed by atoms with Crippen molar-refractivity contribution in [3.8, 4) is 34.5 Å². The maximum atomic E-state index is 11.8. The minimum Gasteiger partial charge on any atom is -0.508 e. The lowest BCUT2D eigenvalue weighted by Crippen LogP contribution is -2.23. The van der Waals surface area contributed by atoms with Crippen molar-refractivity contribution in [1.82, 2.24) is 0 Å². The van der Waals surface area contributed by atoms with Crippen LogP contribution >= 0.6 is 0 Å². The van der Waals surface area contributed by atoms with Crippen LogP contribution in [0.25, 0.3) is 0 Å². The third kappa shape index (κ3) is 12.3. The summed E-state index contributed by atoms with van der Waals surface area (Å²) in [4.78, 5) is 58.5. The maximum Gasteiger partial charge on any atom is 0.309 e. The van der Waals surface area contributed by atoms with E-state index in [1.54, 1.807) is 33.8 Å². The molecule has 334 valence electrons. The van der Waals surface area contributed by atoms with Gasteiger partial charge in [-0.1, -0.05) is 38.5 Å². The summed E-state index contributed by atoms with van der Waals surface area (Å²) in [7, 11) is 0. The number of phenolic OH excluding ortho intramolecular Hbond substituents is 4. The number of aliphatic carboxylic acids is 4. The third-order valence-electron chi connectivity index (χ3n) is 13.0. The number of hydrogen-bond acceptors (Lipinski definition) is 10. The van der Waals surface area contributed by atoms with Crippen LogP contribution in [0.15, 0.2) is 12.1 Å². The maximum absolute atomic E-state index is 11.8. The smallest absolute Gasteiger partial charge is 0.309 e. The van der Waals surface area contributed by atoms with Gasteiger partial charge in [0.25, 0.3) is 0 Å². The molecule has 0 saturated heterocycles. The van der Waals surface area contributed by atoms with Gasteiger partial charge in [-0.15, -0.1) is 0 Å². The molecule has 0 amide bonds. The average molecular weight is 843 g/mol. The number of benzene rings is 2. The number of carbonyl (C=O) groups is 4. The van der Waals surface area contributed by atoms with E-state index < -0.39 is 51.3 Å². The fraction of sp³-hybridized carbons (Fsp3) is 0.652. The van der Waals surface area contributed by atoms with Crippen molar-refractivity contribution >= 4 is 23.9 Å². The molecule has 0 radical (unpaired) electrons. The molecule has 14 heteroatoms. The van der Waals surface area contributed by atoms with Gasteiger partial charge in [0.15, 0.2) is 23.0 Å². The van der Waals surface area contributed by atoms with E-state index >= 15 is 0 Å². The second-order valence-electron chi connectivity index (χ2n) is 18.7. The molecular weight excluding hydrogens is 776 g/mol. The molecule has 0 aliphatic heterocycles. The molecule has 0 unspecified atom stereocenters. The molecule has 0 heterocycles. The molecule has 2 fully saturated rings. The number of carboxylic acids is 4. The first-order valence-corrected chi connectivity index (χ1v) is 21.6. The van der Waals surface area contributed by atoms with Crippen molar-refractivity contribution in [3.05, 3.63) is 34.4 Å². The van der Waals surface area contributed by atoms with Crippen LogP contribution in [0.3, 0.4) is 0 Å². The molecule has 0 bridgehead atoms. The average Bonchev–Trinajstić information content (AvgIpc) is 4.12. The summed E-state index contributed by atoms with van der Waals surface area (Å²) in [5.74, 6) is -4.66. The highest BCUT2D eigenvalue weighted by Gasteiger charge is 2.50. The predicted molar refractivity (Wildman–Crippen MR) is 222 cm³/mol. The molecule has 60 heavy (non-hydrogen) atoms. The van der Waals surface area contributed by atoms with E-state index in [9.17, 15) is 60.0 Å². The van der Waals surface area contributed by atoms with Gasteiger partial charge in [0, 0.05) is 22.3 Å². The first kappa shape index (κ1) is 47.8. The van der Waals surface area contributed by atoms with Gasteiger partial charge in [0.1, 0.15) is 5.75 Å². The summed E-state index contributed by atoms with van der Waals surface area (Å²) >= 11 is 0. The number of aromatic hydroxyl groups is 4. The number of rotatable bonds is 29. The lowest BCUT2D eigenvalue weighted by atomic mass is 9.87. The van der Waals surface area contributed by atoms with Crippen molar-refractivity contribution in [2.24, 2.45) is 21.7 Å². The highest BCUT2D eigenvalue weighted by molar-refractivity contribution is 5.78. The van der Waals surface area contributed by atoms with Crippen molar-refractivity contribution < 1.29 is 69.8 Å². The van der Waals surface area contributed by atoms with Gasteiger partial charge >= 0.3 is 23.9 Å². The summed E-state index contributed by atoms with van der Waals surface area (Å²) < 4.78 is 0. The van der Waals surface area contributed by atoms with Gasteiger partial charge in [-0.3, -0.25) is 29.0 Å². The summed E-state index contributed by atoms with van der Waals surface area (Å²) in [5.41, 5.74) is -1.98. The number of hydrogen-bond donors (Lipinski definition) is 8. The minimum atomic E-state index is -0.896. The lowest BCUT2D eigenvalue weighted by molar-refractivity contribution is -0.148. The molecular formula is C46H66O14. The topological polar surface area (TPSA) is 249 Å². The summed E-state index contributed by atoms with van der Waals surface area (Å²) in [6.07, 6.45) is 11.2. The Morgan fingerprint density at radius 1 is 0.533 bits per heavy atom. The Balaban J connectivity index is 1.58. The Hall–Kier alpha value is -4.88. The van der Waals surface area contributed by atoms with E-state index in [4.69, 9.17) is 9.78 Å². The summed E-state index contributed by atoms with van der Waals surface area (Å²) in [5, 5.41) is 83.6. The Labute approximate surface area is 352 Å². The molecule has 8 N–H and O–H groups in total. The Bertz CT molecular complexity index is 1850. The first-order valence-electron chi connectivity index (χ1n) is 21.6. The van der Waals surface area contributed by atoms with Gasteiger partial charge in [0.05, 0.1) is 21.7 Å². The van der Waals surface area contributed by atoms with Crippen molar-refractivity contribution in [1.29, 1.82) is 0 Å². The normalized spacial score (nSPS) is 15.3. The Kier molecular flexibility index (Phi) is 16.0. The van der Waals surface area contributed by atoms with Gasteiger partial charge in [0.2, 0.25) is 5.75 Å². The predicted octanol–water partition coefficient (Wildman–Crippen LogP) is 9.46. The molecule has 2 saturated carbocycles.